The van der Waals surface area contributed by atoms with E-state index in [0.717, 1.165) is 6.21 Å². The topological polar surface area (TPSA) is 116 Å². The fourth-order valence-electron chi connectivity index (χ4n) is 3.13. The molecule has 1 aromatic heterocycles. The molecular formula is C21H30FN5O3. The Kier molecular flexibility index (Phi) is 7.53. The Hall–Kier alpha value is -2.97. The molecule has 164 valence electrons. The summed E-state index contributed by atoms with van der Waals surface area (Å²) in [4.78, 5) is 29.2. The van der Waals surface area contributed by atoms with Crippen molar-refractivity contribution in [3.8, 4) is 0 Å². The SMILES string of the molecule is CN/C1=C(\C=N)NC(=O)C(C)C(F)CCC(NC(=O)OC(C)(C)C)c2cc1ccn2. The number of nitrogens with zero attached hydrogens (tertiary/aromatic N) is 1. The molecule has 30 heavy (non-hydrogen) atoms. The number of carbonyl (C=O) groups is 2. The Morgan fingerprint density at radius 2 is 2.10 bits per heavy atom. The van der Waals surface area contributed by atoms with Gasteiger partial charge >= 0.3 is 6.09 Å². The van der Waals surface area contributed by atoms with Crippen molar-refractivity contribution in [1.29, 1.82) is 5.41 Å². The molecule has 2 rings (SSSR count). The Bertz CT molecular complexity index is 834. The highest BCUT2D eigenvalue weighted by molar-refractivity contribution is 5.95. The second kappa shape index (κ2) is 9.69. The molecule has 0 spiro atoms. The van der Waals surface area contributed by atoms with Crippen LogP contribution in [-0.4, -0.2) is 42.0 Å². The maximum atomic E-state index is 14.8. The van der Waals surface area contributed by atoms with E-state index in [1.165, 1.54) is 6.92 Å². The van der Waals surface area contributed by atoms with Crippen LogP contribution in [0, 0.1) is 11.3 Å². The van der Waals surface area contributed by atoms with Crippen molar-refractivity contribution >= 4 is 23.9 Å². The lowest BCUT2D eigenvalue weighted by atomic mass is 9.95. The zero-order valence-corrected chi connectivity index (χ0v) is 18.0. The Labute approximate surface area is 176 Å². The van der Waals surface area contributed by atoms with Crippen molar-refractivity contribution < 1.29 is 18.7 Å². The van der Waals surface area contributed by atoms with E-state index in [1.807, 2.05) is 0 Å². The van der Waals surface area contributed by atoms with Crippen LogP contribution in [0.2, 0.25) is 0 Å². The fourth-order valence-corrected chi connectivity index (χ4v) is 3.13. The van der Waals surface area contributed by atoms with Crippen molar-refractivity contribution in [2.45, 2.75) is 58.4 Å². The largest absolute Gasteiger partial charge is 0.444 e. The highest BCUT2D eigenvalue weighted by Gasteiger charge is 2.29. The highest BCUT2D eigenvalue weighted by atomic mass is 19.1. The number of hydrogen-bond donors (Lipinski definition) is 4. The number of pyridine rings is 1. The van der Waals surface area contributed by atoms with Gasteiger partial charge in [0.1, 0.15) is 11.8 Å². The predicted octanol–water partition coefficient (Wildman–Crippen LogP) is 3.07. The summed E-state index contributed by atoms with van der Waals surface area (Å²) in [6.07, 6.45) is 0.800. The molecule has 0 radical (unpaired) electrons. The predicted molar refractivity (Wildman–Crippen MR) is 113 cm³/mol. The number of amides is 2. The first-order valence-electron chi connectivity index (χ1n) is 9.89. The first kappa shape index (κ1) is 23.3. The number of nitrogens with one attached hydrogen (secondary N) is 4. The van der Waals surface area contributed by atoms with Crippen molar-refractivity contribution in [2.75, 3.05) is 7.05 Å². The first-order chi connectivity index (χ1) is 14.1. The lowest BCUT2D eigenvalue weighted by molar-refractivity contribution is -0.125. The van der Waals surface area contributed by atoms with Crippen LogP contribution in [0.5, 0.6) is 0 Å². The molecule has 1 aliphatic rings. The number of hydrogen-bond acceptors (Lipinski definition) is 6. The Morgan fingerprint density at radius 1 is 1.40 bits per heavy atom. The minimum absolute atomic E-state index is 0.0451. The average molecular weight is 420 g/mol. The number of carbonyl (C=O) groups excluding carboxylic acids is 2. The number of allylic oxidation sites excluding steroid dienone is 1. The van der Waals surface area contributed by atoms with Crippen molar-refractivity contribution in [2.24, 2.45) is 5.92 Å². The van der Waals surface area contributed by atoms with Gasteiger partial charge in [-0.3, -0.25) is 9.78 Å². The Morgan fingerprint density at radius 3 is 2.70 bits per heavy atom. The summed E-state index contributed by atoms with van der Waals surface area (Å²) >= 11 is 0. The van der Waals surface area contributed by atoms with E-state index in [2.05, 4.69) is 20.9 Å². The summed E-state index contributed by atoms with van der Waals surface area (Å²) in [5.41, 5.74) is 1.22. The van der Waals surface area contributed by atoms with Crippen LogP contribution in [0.15, 0.2) is 24.0 Å². The molecule has 2 amide bonds. The molecule has 1 aromatic rings. The molecule has 2 bridgehead atoms. The second-order valence-electron chi connectivity index (χ2n) is 8.22. The molecule has 1 aliphatic heterocycles. The van der Waals surface area contributed by atoms with Crippen LogP contribution in [0.4, 0.5) is 9.18 Å². The molecule has 3 unspecified atom stereocenters. The third-order valence-corrected chi connectivity index (χ3v) is 4.73. The normalized spacial score (nSPS) is 25.3. The highest BCUT2D eigenvalue weighted by Crippen LogP contribution is 2.26. The van der Waals surface area contributed by atoms with Gasteiger partial charge in [-0.05, 0) is 45.7 Å². The smallest absolute Gasteiger partial charge is 0.408 e. The van der Waals surface area contributed by atoms with Gasteiger partial charge < -0.3 is 26.1 Å². The summed E-state index contributed by atoms with van der Waals surface area (Å²) < 4.78 is 20.1. The minimum Gasteiger partial charge on any atom is -0.444 e. The molecule has 9 heteroatoms. The van der Waals surface area contributed by atoms with Crippen molar-refractivity contribution in [1.82, 2.24) is 20.9 Å². The van der Waals surface area contributed by atoms with E-state index >= 15 is 0 Å². The molecule has 0 saturated carbocycles. The molecule has 0 saturated heterocycles. The maximum absolute atomic E-state index is 14.8. The number of rotatable bonds is 3. The second-order valence-corrected chi connectivity index (χ2v) is 8.22. The van der Waals surface area contributed by atoms with E-state index in [4.69, 9.17) is 10.1 Å². The summed E-state index contributed by atoms with van der Waals surface area (Å²) in [5.74, 6) is -1.44. The van der Waals surface area contributed by atoms with Gasteiger partial charge in [-0.25, -0.2) is 9.18 Å². The van der Waals surface area contributed by atoms with E-state index in [0.29, 0.717) is 17.0 Å². The van der Waals surface area contributed by atoms with Gasteiger partial charge in [-0.15, -0.1) is 0 Å². The molecule has 0 aliphatic carbocycles. The van der Waals surface area contributed by atoms with E-state index < -0.39 is 35.7 Å². The van der Waals surface area contributed by atoms with Gasteiger partial charge in [0.15, 0.2) is 0 Å². The Balaban J connectivity index is 2.50. The zero-order valence-electron chi connectivity index (χ0n) is 18.0. The molecule has 3 atom stereocenters. The monoisotopic (exact) mass is 419 g/mol. The summed E-state index contributed by atoms with van der Waals surface area (Å²) in [7, 11) is 1.66. The molecule has 8 nitrogen and oxygen atoms in total. The van der Waals surface area contributed by atoms with Crippen LogP contribution in [0.3, 0.4) is 0 Å². The van der Waals surface area contributed by atoms with Gasteiger partial charge in [0.05, 0.1) is 29.0 Å². The summed E-state index contributed by atoms with van der Waals surface area (Å²) in [6, 6.07) is 2.86. The average Bonchev–Trinajstić information content (AvgIpc) is 2.68. The molecule has 4 N–H and O–H groups in total. The standard InChI is InChI=1S/C21H30FN5O3/c1-12-14(22)6-7-15(27-20(29)30-21(2,3)4)16-10-13(8-9-25-16)18(24-5)17(11-23)26-19(12)28/h8-12,14-15,23-24H,6-7H2,1-5H3,(H,26,28)(H,27,29)/b18-17+,23-11?. The first-order valence-corrected chi connectivity index (χ1v) is 9.89. The number of alkyl halides is 1. The van der Waals surface area contributed by atoms with Gasteiger partial charge in [-0.1, -0.05) is 6.92 Å². The van der Waals surface area contributed by atoms with Gasteiger partial charge in [0.25, 0.3) is 0 Å². The van der Waals surface area contributed by atoms with Crippen LogP contribution in [0.25, 0.3) is 5.70 Å². The fraction of sp³-hybridized carbons (Fsp3) is 0.524. The number of ether oxygens (including phenoxy) is 1. The van der Waals surface area contributed by atoms with E-state index in [1.54, 1.807) is 46.1 Å². The van der Waals surface area contributed by atoms with Gasteiger partial charge in [-0.2, -0.15) is 0 Å². The number of aromatic nitrogens is 1. The summed E-state index contributed by atoms with van der Waals surface area (Å²) in [6.45, 7) is 6.77. The number of fused-ring (bicyclic) bond motifs is 2. The van der Waals surface area contributed by atoms with Crippen molar-refractivity contribution in [3.63, 3.8) is 0 Å². The molecular weight excluding hydrogens is 389 g/mol. The lowest BCUT2D eigenvalue weighted by Crippen LogP contribution is -2.38. The van der Waals surface area contributed by atoms with E-state index in [-0.39, 0.29) is 18.5 Å². The van der Waals surface area contributed by atoms with Gasteiger partial charge in [0, 0.05) is 25.0 Å². The molecule has 0 aromatic carbocycles. The van der Waals surface area contributed by atoms with Crippen LogP contribution < -0.4 is 16.0 Å². The van der Waals surface area contributed by atoms with Crippen LogP contribution in [0.1, 0.15) is 57.8 Å². The number of halogens is 1. The van der Waals surface area contributed by atoms with Crippen molar-refractivity contribution in [3.05, 3.63) is 35.3 Å². The van der Waals surface area contributed by atoms with Crippen LogP contribution in [-0.2, 0) is 9.53 Å². The summed E-state index contributed by atoms with van der Waals surface area (Å²) in [5, 5.41) is 16.1. The quantitative estimate of drug-likeness (QED) is 0.562. The third kappa shape index (κ3) is 6.01. The van der Waals surface area contributed by atoms with E-state index in [9.17, 15) is 14.0 Å². The maximum Gasteiger partial charge on any atom is 0.408 e. The molecule has 2 heterocycles. The lowest BCUT2D eigenvalue weighted by Gasteiger charge is -2.26. The number of alkyl carbamates (subject to hydrolysis) is 1. The molecule has 0 fully saturated rings. The van der Waals surface area contributed by atoms with Gasteiger partial charge in [0.2, 0.25) is 5.91 Å². The van der Waals surface area contributed by atoms with Crippen LogP contribution >= 0.6 is 0 Å². The minimum atomic E-state index is -1.43. The zero-order chi connectivity index (χ0) is 22.5. The third-order valence-electron chi connectivity index (χ3n) is 4.73.